The summed E-state index contributed by atoms with van der Waals surface area (Å²) in [5.41, 5.74) is 4.87. The summed E-state index contributed by atoms with van der Waals surface area (Å²) in [6, 6.07) is 0.577. The topological polar surface area (TPSA) is 93.4 Å². The van der Waals surface area contributed by atoms with Gasteiger partial charge in [-0.1, -0.05) is 0 Å². The third-order valence-electron chi connectivity index (χ3n) is 2.42. The smallest absolute Gasteiger partial charge is 0.243 e. The molecule has 0 saturated carbocycles. The van der Waals surface area contributed by atoms with Crippen molar-refractivity contribution in [3.05, 3.63) is 29.6 Å². The van der Waals surface area contributed by atoms with E-state index in [1.54, 1.807) is 0 Å². The van der Waals surface area contributed by atoms with Crippen LogP contribution in [0.4, 0.5) is 18.9 Å². The second-order valence-electron chi connectivity index (χ2n) is 4.05. The van der Waals surface area contributed by atoms with E-state index in [1.807, 2.05) is 5.32 Å². The maximum atomic E-state index is 13.3. The second-order valence-corrected chi connectivity index (χ2v) is 4.05. The lowest BCUT2D eigenvalue weighted by Crippen LogP contribution is -2.45. The van der Waals surface area contributed by atoms with Crippen molar-refractivity contribution in [3.63, 3.8) is 0 Å². The van der Waals surface area contributed by atoms with Gasteiger partial charge in [0, 0.05) is 7.11 Å². The highest BCUT2D eigenvalue weighted by Gasteiger charge is 2.17. The van der Waals surface area contributed by atoms with Gasteiger partial charge in [0.2, 0.25) is 11.8 Å². The largest absolute Gasteiger partial charge is 0.383 e. The van der Waals surface area contributed by atoms with Crippen LogP contribution in [0.25, 0.3) is 0 Å². The molecule has 1 rings (SSSR count). The van der Waals surface area contributed by atoms with E-state index in [-0.39, 0.29) is 6.61 Å². The van der Waals surface area contributed by atoms with E-state index in [4.69, 9.17) is 5.73 Å². The highest BCUT2D eigenvalue weighted by Crippen LogP contribution is 2.19. The van der Waals surface area contributed by atoms with E-state index in [9.17, 15) is 22.8 Å². The number of nitrogens with one attached hydrogen (secondary N) is 2. The molecule has 0 bridgehead atoms. The molecular weight excluding hydrogens is 291 g/mol. The Labute approximate surface area is 118 Å². The number of benzene rings is 1. The van der Waals surface area contributed by atoms with E-state index in [0.717, 1.165) is 6.07 Å². The van der Waals surface area contributed by atoms with Crippen LogP contribution in [0.2, 0.25) is 0 Å². The number of methoxy groups -OCH3 is 1. The van der Waals surface area contributed by atoms with E-state index in [0.29, 0.717) is 6.07 Å². The molecule has 0 heterocycles. The van der Waals surface area contributed by atoms with E-state index in [1.165, 1.54) is 7.11 Å². The van der Waals surface area contributed by atoms with Crippen molar-refractivity contribution in [3.8, 4) is 0 Å². The highest BCUT2D eigenvalue weighted by molar-refractivity contribution is 5.95. The van der Waals surface area contributed by atoms with Crippen molar-refractivity contribution < 1.29 is 27.5 Å². The lowest BCUT2D eigenvalue weighted by atomic mass is 10.2. The molecule has 4 N–H and O–H groups in total. The van der Waals surface area contributed by atoms with Gasteiger partial charge < -0.3 is 21.1 Å². The van der Waals surface area contributed by atoms with Crippen molar-refractivity contribution >= 4 is 17.5 Å². The maximum Gasteiger partial charge on any atom is 0.243 e. The van der Waals surface area contributed by atoms with Gasteiger partial charge in [0.1, 0.15) is 6.04 Å². The third kappa shape index (κ3) is 4.72. The predicted molar refractivity (Wildman–Crippen MR) is 67.8 cm³/mol. The van der Waals surface area contributed by atoms with Crippen LogP contribution in [-0.2, 0) is 14.3 Å². The number of anilines is 1. The molecule has 116 valence electrons. The molecule has 1 atom stereocenters. The summed E-state index contributed by atoms with van der Waals surface area (Å²) in [6.45, 7) is -0.542. The van der Waals surface area contributed by atoms with Crippen molar-refractivity contribution in [2.75, 3.05) is 25.6 Å². The molecule has 2 amide bonds. The molecular formula is C12H14F3N3O3. The van der Waals surface area contributed by atoms with Gasteiger partial charge >= 0.3 is 0 Å². The van der Waals surface area contributed by atoms with Crippen molar-refractivity contribution in [1.82, 2.24) is 5.32 Å². The summed E-state index contributed by atoms with van der Waals surface area (Å²) >= 11 is 0. The monoisotopic (exact) mass is 305 g/mol. The minimum absolute atomic E-state index is 0.0365. The summed E-state index contributed by atoms with van der Waals surface area (Å²) in [6.07, 6.45) is 0. The summed E-state index contributed by atoms with van der Waals surface area (Å²) in [5, 5.41) is 4.18. The number of hydrogen-bond donors (Lipinski definition) is 3. The zero-order valence-electron chi connectivity index (χ0n) is 11.1. The number of rotatable bonds is 6. The molecule has 9 heteroatoms. The van der Waals surface area contributed by atoms with E-state index >= 15 is 0 Å². The summed E-state index contributed by atoms with van der Waals surface area (Å²) in [7, 11) is 1.35. The van der Waals surface area contributed by atoms with Gasteiger partial charge in [-0.2, -0.15) is 0 Å². The zero-order valence-corrected chi connectivity index (χ0v) is 11.1. The third-order valence-corrected chi connectivity index (χ3v) is 2.42. The van der Waals surface area contributed by atoms with Gasteiger partial charge in [-0.05, 0) is 12.1 Å². The van der Waals surface area contributed by atoms with Gasteiger partial charge in [-0.25, -0.2) is 13.2 Å². The predicted octanol–water partition coefficient (Wildman–Crippen LogP) is 0.132. The fraction of sp³-hybridized carbons (Fsp3) is 0.333. The lowest BCUT2D eigenvalue weighted by Gasteiger charge is -2.11. The first-order valence-electron chi connectivity index (χ1n) is 5.82. The fourth-order valence-electron chi connectivity index (χ4n) is 1.37. The van der Waals surface area contributed by atoms with Crippen LogP contribution in [-0.4, -0.2) is 38.1 Å². The Balaban J connectivity index is 2.55. The molecule has 1 unspecified atom stereocenters. The number of amides is 2. The summed E-state index contributed by atoms with van der Waals surface area (Å²) in [4.78, 5) is 22.8. The SMILES string of the molecule is COCC(N)C(=O)NCC(=O)Nc1ccc(F)c(F)c1F. The van der Waals surface area contributed by atoms with Gasteiger partial charge in [0.15, 0.2) is 17.5 Å². The number of ether oxygens (including phenoxy) is 1. The molecule has 0 fully saturated rings. The van der Waals surface area contributed by atoms with E-state index in [2.05, 4.69) is 10.1 Å². The quantitative estimate of drug-likeness (QED) is 0.651. The molecule has 0 saturated heterocycles. The Morgan fingerprint density at radius 3 is 2.57 bits per heavy atom. The molecule has 6 nitrogen and oxygen atoms in total. The van der Waals surface area contributed by atoms with Gasteiger partial charge in [-0.3, -0.25) is 9.59 Å². The van der Waals surface area contributed by atoms with Gasteiger partial charge in [-0.15, -0.1) is 0 Å². The van der Waals surface area contributed by atoms with Crippen LogP contribution >= 0.6 is 0 Å². The number of nitrogens with two attached hydrogens (primary N) is 1. The standard InChI is InChI=1S/C12H14F3N3O3/c1-21-5-7(16)12(20)17-4-9(19)18-8-3-2-6(13)10(14)11(8)15/h2-3,7H,4-5,16H2,1H3,(H,17,20)(H,18,19). The Bertz CT molecular complexity index is 540. The molecule has 0 aliphatic rings. The fourth-order valence-corrected chi connectivity index (χ4v) is 1.37. The first-order chi connectivity index (χ1) is 9.86. The Kier molecular flexibility index (Phi) is 6.12. The van der Waals surface area contributed by atoms with Crippen LogP contribution in [0.1, 0.15) is 0 Å². The average Bonchev–Trinajstić information content (AvgIpc) is 2.45. The Morgan fingerprint density at radius 1 is 1.29 bits per heavy atom. The second kappa shape index (κ2) is 7.60. The molecule has 21 heavy (non-hydrogen) atoms. The molecule has 0 radical (unpaired) electrons. The van der Waals surface area contributed by atoms with Gasteiger partial charge in [0.25, 0.3) is 0 Å². The summed E-state index contributed by atoms with van der Waals surface area (Å²) < 4.78 is 43.6. The van der Waals surface area contributed by atoms with Gasteiger partial charge in [0.05, 0.1) is 18.8 Å². The van der Waals surface area contributed by atoms with Crippen molar-refractivity contribution in [1.29, 1.82) is 0 Å². The highest BCUT2D eigenvalue weighted by atomic mass is 19.2. The Hall–Kier alpha value is -2.13. The number of carbonyl (C=O) groups is 2. The van der Waals surface area contributed by atoms with Crippen molar-refractivity contribution in [2.45, 2.75) is 6.04 Å². The molecule has 1 aromatic carbocycles. The van der Waals surface area contributed by atoms with Crippen LogP contribution in [0.3, 0.4) is 0 Å². The van der Waals surface area contributed by atoms with Crippen LogP contribution in [0.15, 0.2) is 12.1 Å². The minimum Gasteiger partial charge on any atom is -0.383 e. The number of carbonyl (C=O) groups excluding carboxylic acids is 2. The number of hydrogen-bond acceptors (Lipinski definition) is 4. The molecule has 0 spiro atoms. The zero-order chi connectivity index (χ0) is 16.0. The number of halogens is 3. The van der Waals surface area contributed by atoms with Crippen LogP contribution < -0.4 is 16.4 Å². The molecule has 0 aliphatic carbocycles. The Morgan fingerprint density at radius 2 is 1.95 bits per heavy atom. The average molecular weight is 305 g/mol. The van der Waals surface area contributed by atoms with Crippen molar-refractivity contribution in [2.24, 2.45) is 5.73 Å². The molecule has 1 aromatic rings. The maximum absolute atomic E-state index is 13.3. The van der Waals surface area contributed by atoms with Crippen LogP contribution in [0.5, 0.6) is 0 Å². The van der Waals surface area contributed by atoms with Crippen LogP contribution in [0, 0.1) is 17.5 Å². The first kappa shape index (κ1) is 16.9. The summed E-state index contributed by atoms with van der Waals surface area (Å²) in [5.74, 6) is -6.05. The normalized spacial score (nSPS) is 11.9. The first-order valence-corrected chi connectivity index (χ1v) is 5.82. The molecule has 0 aliphatic heterocycles. The van der Waals surface area contributed by atoms with E-state index < -0.39 is 47.5 Å². The molecule has 0 aromatic heterocycles. The lowest BCUT2D eigenvalue weighted by molar-refractivity contribution is -0.126. The minimum atomic E-state index is -1.70.